The first-order chi connectivity index (χ1) is 12.3. The van der Waals surface area contributed by atoms with Crippen LogP contribution in [0.25, 0.3) is 0 Å². The third-order valence-corrected chi connectivity index (χ3v) is 4.58. The van der Waals surface area contributed by atoms with Crippen LogP contribution in [0, 0.1) is 0 Å². The quantitative estimate of drug-likeness (QED) is 0.730. The van der Waals surface area contributed by atoms with Crippen molar-refractivity contribution in [3.05, 3.63) is 62.0 Å². The molecule has 138 valence electrons. The Bertz CT molecular complexity index is 863. The Morgan fingerprint density at radius 3 is 2.50 bits per heavy atom. The van der Waals surface area contributed by atoms with Crippen molar-refractivity contribution in [2.75, 3.05) is 0 Å². The zero-order chi connectivity index (χ0) is 19.3. The highest BCUT2D eigenvalue weighted by molar-refractivity contribution is 6.41. The summed E-state index contributed by atoms with van der Waals surface area (Å²) in [6, 6.07) is 7.23. The first-order valence-corrected chi connectivity index (χ1v) is 8.84. The van der Waals surface area contributed by atoms with Crippen molar-refractivity contribution in [1.29, 1.82) is 0 Å². The lowest BCUT2D eigenvalue weighted by Crippen LogP contribution is -2.30. The second kappa shape index (κ2) is 8.96. The van der Waals surface area contributed by atoms with E-state index in [1.54, 1.807) is 12.1 Å². The minimum Gasteiger partial charge on any atom is -0.354 e. The van der Waals surface area contributed by atoms with Crippen molar-refractivity contribution in [3.63, 3.8) is 0 Å². The fourth-order valence-electron chi connectivity index (χ4n) is 2.44. The highest BCUT2D eigenvalue weighted by Crippen LogP contribution is 2.15. The van der Waals surface area contributed by atoms with Crippen LogP contribution in [0.15, 0.2) is 35.3 Å². The second-order valence-corrected chi connectivity index (χ2v) is 6.81. The van der Waals surface area contributed by atoms with E-state index < -0.39 is 5.56 Å². The van der Waals surface area contributed by atoms with Gasteiger partial charge in [-0.05, 0) is 25.3 Å². The van der Waals surface area contributed by atoms with Crippen molar-refractivity contribution in [2.24, 2.45) is 0 Å². The Kier molecular flexibility index (Phi) is 6.94. The normalized spacial score (nSPS) is 11.8. The lowest BCUT2D eigenvalue weighted by atomic mass is 10.0. The Hall–Kier alpha value is -2.18. The number of benzene rings is 1. The average Bonchev–Trinajstić information content (AvgIpc) is 2.60. The largest absolute Gasteiger partial charge is 0.354 e. The number of halogens is 2. The van der Waals surface area contributed by atoms with Crippen molar-refractivity contribution >= 4 is 34.9 Å². The molecule has 1 aromatic carbocycles. The lowest BCUT2D eigenvalue weighted by molar-refractivity contribution is -0.119. The summed E-state index contributed by atoms with van der Waals surface area (Å²) < 4.78 is 0.986. The number of carbonyl (C=O) groups is 2. The number of aromatic nitrogens is 2. The molecule has 1 aromatic heterocycles. The van der Waals surface area contributed by atoms with Gasteiger partial charge in [-0.3, -0.25) is 14.4 Å². The summed E-state index contributed by atoms with van der Waals surface area (Å²) in [5.74, 6) is -0.305. The number of hydrogen-bond acceptors (Lipinski definition) is 4. The fraction of sp³-hybridized carbons (Fsp3) is 0.333. The van der Waals surface area contributed by atoms with Crippen molar-refractivity contribution in [1.82, 2.24) is 15.1 Å². The van der Waals surface area contributed by atoms with E-state index in [0.717, 1.165) is 23.1 Å². The molecule has 26 heavy (non-hydrogen) atoms. The van der Waals surface area contributed by atoms with E-state index in [1.807, 2.05) is 19.1 Å². The fourth-order valence-corrected chi connectivity index (χ4v) is 2.72. The highest BCUT2D eigenvalue weighted by atomic mass is 35.5. The number of nitrogens with one attached hydrogen (secondary N) is 1. The van der Waals surface area contributed by atoms with Gasteiger partial charge in [0.1, 0.15) is 11.6 Å². The van der Waals surface area contributed by atoms with Gasteiger partial charge in [0.05, 0.1) is 11.2 Å². The van der Waals surface area contributed by atoms with Gasteiger partial charge in [0.2, 0.25) is 5.91 Å². The van der Waals surface area contributed by atoms with Crippen LogP contribution in [0.1, 0.15) is 36.2 Å². The number of hydrogen-bond donors (Lipinski definition) is 1. The van der Waals surface area contributed by atoms with Crippen LogP contribution in [0.5, 0.6) is 0 Å². The predicted octanol–water partition coefficient (Wildman–Crippen LogP) is 2.89. The van der Waals surface area contributed by atoms with Crippen molar-refractivity contribution < 1.29 is 9.59 Å². The highest BCUT2D eigenvalue weighted by Gasteiger charge is 2.12. The van der Waals surface area contributed by atoms with E-state index in [0.29, 0.717) is 5.56 Å². The summed E-state index contributed by atoms with van der Waals surface area (Å²) in [5, 5.41) is 6.56. The number of aryl methyl sites for hydroxylation is 1. The molecule has 8 heteroatoms. The van der Waals surface area contributed by atoms with Gasteiger partial charge in [0.15, 0.2) is 5.78 Å². The number of nitrogens with zero attached hydrogens (tertiary/aromatic N) is 2. The van der Waals surface area contributed by atoms with Crippen LogP contribution >= 0.6 is 23.2 Å². The third-order valence-electron chi connectivity index (χ3n) is 3.83. The summed E-state index contributed by atoms with van der Waals surface area (Å²) in [4.78, 5) is 35.3. The molecule has 0 spiro atoms. The monoisotopic (exact) mass is 395 g/mol. The zero-order valence-corrected chi connectivity index (χ0v) is 16.0. The van der Waals surface area contributed by atoms with Gasteiger partial charge in [0, 0.05) is 18.5 Å². The van der Waals surface area contributed by atoms with Crippen LogP contribution in [0.3, 0.4) is 0 Å². The number of ketones is 1. The molecule has 1 atom stereocenters. The molecule has 0 aliphatic rings. The van der Waals surface area contributed by atoms with Gasteiger partial charge in [-0.25, -0.2) is 4.68 Å². The number of rotatable bonds is 7. The van der Waals surface area contributed by atoms with Crippen LogP contribution < -0.4 is 10.9 Å². The Labute approximate surface area is 161 Å². The predicted molar refractivity (Wildman–Crippen MR) is 101 cm³/mol. The maximum Gasteiger partial charge on any atom is 0.287 e. The maximum absolute atomic E-state index is 12.3. The van der Waals surface area contributed by atoms with Gasteiger partial charge in [0.25, 0.3) is 5.56 Å². The molecule has 0 aliphatic carbocycles. The molecule has 0 bridgehead atoms. The molecule has 0 saturated heterocycles. The van der Waals surface area contributed by atoms with E-state index >= 15 is 0 Å². The molecule has 0 fully saturated rings. The summed E-state index contributed by atoms with van der Waals surface area (Å²) >= 11 is 11.5. The minimum absolute atomic E-state index is 0.0513. The van der Waals surface area contributed by atoms with Crippen LogP contribution in [0.2, 0.25) is 10.0 Å². The summed E-state index contributed by atoms with van der Waals surface area (Å²) in [5.41, 5.74) is 0.933. The molecule has 0 unspecified atom stereocenters. The van der Waals surface area contributed by atoms with E-state index in [1.165, 1.54) is 13.1 Å². The maximum atomic E-state index is 12.3. The Morgan fingerprint density at radius 1 is 1.23 bits per heavy atom. The number of amides is 1. The number of Topliss-reactive ketones (excluding diaryl/α,β-unsaturated/α-hetero) is 1. The summed E-state index contributed by atoms with van der Waals surface area (Å²) in [7, 11) is 0. The minimum atomic E-state index is -0.601. The first-order valence-electron chi connectivity index (χ1n) is 8.08. The smallest absolute Gasteiger partial charge is 0.287 e. The molecule has 1 N–H and O–H groups in total. The van der Waals surface area contributed by atoms with Gasteiger partial charge < -0.3 is 5.32 Å². The molecule has 0 aliphatic heterocycles. The SMILES string of the molecule is CC(=O)N[C@@H](C)CCc1ccc(C(=O)Cn2ncc(Cl)c(Cl)c2=O)cc1. The van der Waals surface area contributed by atoms with Gasteiger partial charge in [-0.1, -0.05) is 47.5 Å². The van der Waals surface area contributed by atoms with Crippen molar-refractivity contribution in [3.8, 4) is 0 Å². The molecule has 0 radical (unpaired) electrons. The lowest BCUT2D eigenvalue weighted by Gasteiger charge is -2.12. The van der Waals surface area contributed by atoms with Crippen LogP contribution in [-0.2, 0) is 17.8 Å². The van der Waals surface area contributed by atoms with Crippen LogP contribution in [0.4, 0.5) is 0 Å². The van der Waals surface area contributed by atoms with Gasteiger partial charge >= 0.3 is 0 Å². The third kappa shape index (κ3) is 5.41. The molecule has 1 amide bonds. The summed E-state index contributed by atoms with van der Waals surface area (Å²) in [6.07, 6.45) is 2.82. The summed E-state index contributed by atoms with van der Waals surface area (Å²) in [6.45, 7) is 3.22. The van der Waals surface area contributed by atoms with E-state index in [4.69, 9.17) is 23.2 Å². The van der Waals surface area contributed by atoms with Crippen molar-refractivity contribution in [2.45, 2.75) is 39.3 Å². The molecule has 2 aromatic rings. The van der Waals surface area contributed by atoms with Gasteiger partial charge in [-0.15, -0.1) is 0 Å². The van der Waals surface area contributed by atoms with E-state index in [-0.39, 0.29) is 34.3 Å². The first kappa shape index (κ1) is 20.1. The average molecular weight is 396 g/mol. The molecular weight excluding hydrogens is 377 g/mol. The van der Waals surface area contributed by atoms with Crippen LogP contribution in [-0.4, -0.2) is 27.5 Å². The number of carbonyl (C=O) groups excluding carboxylic acids is 2. The molecule has 0 saturated carbocycles. The second-order valence-electron chi connectivity index (χ2n) is 6.03. The van der Waals surface area contributed by atoms with Gasteiger partial charge in [-0.2, -0.15) is 5.10 Å². The van der Waals surface area contributed by atoms with E-state index in [9.17, 15) is 14.4 Å². The Morgan fingerprint density at radius 2 is 1.88 bits per heavy atom. The zero-order valence-electron chi connectivity index (χ0n) is 14.5. The molecule has 2 rings (SSSR count). The van der Waals surface area contributed by atoms with E-state index in [2.05, 4.69) is 10.4 Å². The standard InChI is InChI=1S/C18H19Cl2N3O3/c1-11(22-12(2)24)3-4-13-5-7-14(8-6-13)16(25)10-23-18(26)17(20)15(19)9-21-23/h5-9,11H,3-4,10H2,1-2H3,(H,22,24)/t11-/m0/s1. The molecule has 6 nitrogen and oxygen atoms in total. The topological polar surface area (TPSA) is 81.1 Å². The molecule has 1 heterocycles. The Balaban J connectivity index is 1.99. The molecular formula is C18H19Cl2N3O3.